The van der Waals surface area contributed by atoms with Crippen molar-refractivity contribution < 1.29 is 18.7 Å². The van der Waals surface area contributed by atoms with Gasteiger partial charge in [-0.15, -0.1) is 0 Å². The average Bonchev–Trinajstić information content (AvgIpc) is 2.37. The van der Waals surface area contributed by atoms with Gasteiger partial charge < -0.3 is 14.2 Å². The third-order valence-corrected chi connectivity index (χ3v) is 4.66. The first kappa shape index (κ1) is 21.2. The summed E-state index contributed by atoms with van der Waals surface area (Å²) < 4.78 is 19.3. The van der Waals surface area contributed by atoms with Crippen LogP contribution in [-0.2, 0) is 24.4 Å². The van der Waals surface area contributed by atoms with Gasteiger partial charge in [0.05, 0.1) is 0 Å². The van der Waals surface area contributed by atoms with Crippen LogP contribution in [0, 0.1) is 0 Å². The Bertz CT molecular complexity index is 516. The zero-order chi connectivity index (χ0) is 17.8. The Morgan fingerprint density at radius 2 is 1.41 bits per heavy atom. The second-order valence-corrected chi connectivity index (χ2v) is 9.64. The Balaban J connectivity index is 0.000000534. The van der Waals surface area contributed by atoms with Gasteiger partial charge in [0.2, 0.25) is 0 Å². The van der Waals surface area contributed by atoms with Crippen molar-refractivity contribution in [1.82, 2.24) is 0 Å². The molecule has 0 saturated heterocycles. The average molecular weight is 330 g/mol. The summed E-state index contributed by atoms with van der Waals surface area (Å²) in [7, 11) is 0.0486. The minimum absolute atomic E-state index is 0.000494. The Morgan fingerprint density at radius 3 is 1.64 bits per heavy atom. The van der Waals surface area contributed by atoms with E-state index in [-0.39, 0.29) is 10.8 Å². The molecule has 0 aliphatic heterocycles. The maximum atomic E-state index is 10.5. The van der Waals surface area contributed by atoms with E-state index in [1.807, 2.05) is 12.1 Å². The number of rotatable bonds is 2. The van der Waals surface area contributed by atoms with E-state index in [1.165, 1.54) is 26.4 Å². The summed E-state index contributed by atoms with van der Waals surface area (Å²) in [5.74, 6) is 0.412. The van der Waals surface area contributed by atoms with Crippen molar-refractivity contribution in [2.75, 3.05) is 20.9 Å². The molecule has 0 radical (unpaired) electrons. The maximum Gasteiger partial charge on any atom is 0.327 e. The van der Waals surface area contributed by atoms with E-state index < -0.39 is 7.60 Å². The summed E-state index contributed by atoms with van der Waals surface area (Å²) in [5, 5.41) is 9.99. The fourth-order valence-corrected chi connectivity index (χ4v) is 1.86. The van der Waals surface area contributed by atoms with Crippen LogP contribution in [0.4, 0.5) is 0 Å². The minimum atomic E-state index is -2.65. The molecule has 0 amide bonds. The highest BCUT2D eigenvalue weighted by molar-refractivity contribution is 7.52. The van der Waals surface area contributed by atoms with Crippen molar-refractivity contribution in [2.45, 2.75) is 52.4 Å². The van der Waals surface area contributed by atoms with E-state index in [9.17, 15) is 9.67 Å². The van der Waals surface area contributed by atoms with Gasteiger partial charge in [-0.3, -0.25) is 4.57 Å². The molecule has 4 nitrogen and oxygen atoms in total. The van der Waals surface area contributed by atoms with Gasteiger partial charge in [-0.05, 0) is 28.0 Å². The molecular weight excluding hydrogens is 299 g/mol. The van der Waals surface area contributed by atoms with Gasteiger partial charge in [0.25, 0.3) is 0 Å². The minimum Gasteiger partial charge on any atom is -0.508 e. The lowest BCUT2D eigenvalue weighted by molar-refractivity contribution is 0.282. The molecule has 0 heterocycles. The summed E-state index contributed by atoms with van der Waals surface area (Å²) in [6.07, 6.45) is 0. The van der Waals surface area contributed by atoms with Crippen molar-refractivity contribution >= 4 is 7.60 Å². The molecule has 1 aromatic carbocycles. The fraction of sp³-hybridized carbons (Fsp3) is 0.647. The predicted octanol–water partition coefficient (Wildman–Crippen LogP) is 5.09. The molecule has 0 aromatic heterocycles. The predicted molar refractivity (Wildman–Crippen MR) is 93.1 cm³/mol. The van der Waals surface area contributed by atoms with E-state index >= 15 is 0 Å². The van der Waals surface area contributed by atoms with Gasteiger partial charge in [-0.2, -0.15) is 0 Å². The van der Waals surface area contributed by atoms with E-state index in [1.54, 1.807) is 0 Å². The molecule has 128 valence electrons. The Labute approximate surface area is 135 Å². The second-order valence-electron chi connectivity index (χ2n) is 7.37. The zero-order valence-electron chi connectivity index (χ0n) is 15.4. The molecule has 1 aromatic rings. The Kier molecular flexibility index (Phi) is 7.34. The lowest BCUT2D eigenvalue weighted by atomic mass is 9.81. The third-order valence-electron chi connectivity index (χ3n) is 3.34. The molecule has 0 bridgehead atoms. The Morgan fingerprint density at radius 1 is 0.955 bits per heavy atom. The van der Waals surface area contributed by atoms with Crippen LogP contribution in [-0.4, -0.2) is 26.0 Å². The van der Waals surface area contributed by atoms with Crippen LogP contribution in [0.5, 0.6) is 5.75 Å². The number of hydrogen-bond acceptors (Lipinski definition) is 4. The molecular formula is C17H31O4P. The number of phenolic OH excluding ortho intramolecular Hbond substituents is 1. The molecule has 0 saturated carbocycles. The quantitative estimate of drug-likeness (QED) is 0.767. The summed E-state index contributed by atoms with van der Waals surface area (Å²) >= 11 is 0. The largest absolute Gasteiger partial charge is 0.508 e. The van der Waals surface area contributed by atoms with Crippen LogP contribution in [0.3, 0.4) is 0 Å². The summed E-state index contributed by atoms with van der Waals surface area (Å²) in [5.41, 5.74) is 2.28. The molecule has 0 fully saturated rings. The monoisotopic (exact) mass is 330 g/mol. The first-order valence-electron chi connectivity index (χ1n) is 7.27. The van der Waals surface area contributed by atoms with Crippen molar-refractivity contribution in [3.05, 3.63) is 29.3 Å². The molecule has 1 N–H and O–H groups in total. The fourth-order valence-electron chi connectivity index (χ4n) is 1.71. The van der Waals surface area contributed by atoms with E-state index in [0.717, 1.165) is 5.56 Å². The van der Waals surface area contributed by atoms with Gasteiger partial charge in [-0.1, -0.05) is 53.7 Å². The number of phenols is 1. The number of benzene rings is 1. The van der Waals surface area contributed by atoms with Crippen LogP contribution >= 0.6 is 7.60 Å². The highest BCUT2D eigenvalue weighted by atomic mass is 31.2. The lowest BCUT2D eigenvalue weighted by Gasteiger charge is -2.24. The van der Waals surface area contributed by atoms with Gasteiger partial charge >= 0.3 is 7.60 Å². The topological polar surface area (TPSA) is 55.8 Å². The van der Waals surface area contributed by atoms with E-state index in [2.05, 4.69) is 56.7 Å². The van der Waals surface area contributed by atoms with Gasteiger partial charge in [0.15, 0.2) is 0 Å². The number of aromatic hydroxyl groups is 1. The standard InChI is InChI=1S/C14H22O.C3H9O3P/c1-13(2,3)10-7-8-11(12(15)9-10)14(4,5)6;1-5-7(3,4)6-2/h7-9,15H,1-6H3;1-3H3. The van der Waals surface area contributed by atoms with Gasteiger partial charge in [0, 0.05) is 20.9 Å². The number of hydrogen-bond donors (Lipinski definition) is 1. The highest BCUT2D eigenvalue weighted by Crippen LogP contribution is 2.40. The van der Waals surface area contributed by atoms with Crippen LogP contribution in [0.1, 0.15) is 52.7 Å². The Hall–Kier alpha value is -0.830. The van der Waals surface area contributed by atoms with E-state index in [0.29, 0.717) is 5.75 Å². The molecule has 0 aliphatic carbocycles. The van der Waals surface area contributed by atoms with Crippen molar-refractivity contribution in [2.24, 2.45) is 0 Å². The molecule has 0 spiro atoms. The highest BCUT2D eigenvalue weighted by Gasteiger charge is 2.21. The SMILES string of the molecule is CC(C)(C)c1ccc(C(C)(C)C)c(O)c1.COP(C)(=O)OC. The second kappa shape index (κ2) is 7.63. The van der Waals surface area contributed by atoms with Crippen molar-refractivity contribution in [3.63, 3.8) is 0 Å². The molecule has 1 rings (SSSR count). The molecule has 22 heavy (non-hydrogen) atoms. The summed E-state index contributed by atoms with van der Waals surface area (Å²) in [6, 6.07) is 6.04. The first-order chi connectivity index (χ1) is 9.74. The maximum absolute atomic E-state index is 10.5. The lowest BCUT2D eigenvalue weighted by Crippen LogP contribution is -2.14. The molecule has 5 heteroatoms. The van der Waals surface area contributed by atoms with Gasteiger partial charge in [-0.25, -0.2) is 0 Å². The van der Waals surface area contributed by atoms with Crippen LogP contribution in [0.2, 0.25) is 0 Å². The third kappa shape index (κ3) is 6.95. The first-order valence-corrected chi connectivity index (χ1v) is 9.26. The zero-order valence-corrected chi connectivity index (χ0v) is 16.2. The molecule has 0 atom stereocenters. The van der Waals surface area contributed by atoms with Crippen molar-refractivity contribution in [3.8, 4) is 5.75 Å². The normalized spacial score (nSPS) is 12.6. The van der Waals surface area contributed by atoms with E-state index in [4.69, 9.17) is 0 Å². The van der Waals surface area contributed by atoms with Crippen LogP contribution in [0.15, 0.2) is 18.2 Å². The van der Waals surface area contributed by atoms with Gasteiger partial charge in [0.1, 0.15) is 5.75 Å². The summed E-state index contributed by atoms with van der Waals surface area (Å²) in [4.78, 5) is 0. The van der Waals surface area contributed by atoms with Crippen molar-refractivity contribution in [1.29, 1.82) is 0 Å². The van der Waals surface area contributed by atoms with Crippen LogP contribution < -0.4 is 0 Å². The molecule has 0 unspecified atom stereocenters. The smallest absolute Gasteiger partial charge is 0.327 e. The molecule has 0 aliphatic rings. The summed E-state index contributed by atoms with van der Waals surface area (Å²) in [6.45, 7) is 14.2. The van der Waals surface area contributed by atoms with Crippen LogP contribution in [0.25, 0.3) is 0 Å².